The summed E-state index contributed by atoms with van der Waals surface area (Å²) in [5.41, 5.74) is 1.37. The summed E-state index contributed by atoms with van der Waals surface area (Å²) in [5.74, 6) is 0.887. The van der Waals surface area contributed by atoms with Crippen LogP contribution in [0.1, 0.15) is 44.6 Å². The van der Waals surface area contributed by atoms with Crippen LogP contribution in [0.25, 0.3) is 0 Å². The maximum absolute atomic E-state index is 10.6. The SMILES string of the molecule is CCCNC(CCCc1ccc([N+](=O)[O-])cc1)C1CC1. The first kappa shape index (κ1) is 15.0. The molecule has 0 spiro atoms. The van der Waals surface area contributed by atoms with Crippen molar-refractivity contribution in [3.8, 4) is 0 Å². The first-order chi connectivity index (χ1) is 9.70. The minimum Gasteiger partial charge on any atom is -0.314 e. The molecule has 1 N–H and O–H groups in total. The minimum atomic E-state index is -0.346. The number of nitro benzene ring substituents is 1. The lowest BCUT2D eigenvalue weighted by Gasteiger charge is -2.17. The largest absolute Gasteiger partial charge is 0.314 e. The smallest absolute Gasteiger partial charge is 0.269 e. The fourth-order valence-electron chi connectivity index (χ4n) is 2.64. The van der Waals surface area contributed by atoms with Crippen molar-refractivity contribution in [3.05, 3.63) is 39.9 Å². The zero-order valence-electron chi connectivity index (χ0n) is 12.2. The Labute approximate surface area is 120 Å². The number of nitrogens with zero attached hydrogens (tertiary/aromatic N) is 1. The summed E-state index contributed by atoms with van der Waals surface area (Å²) in [6.45, 7) is 3.31. The van der Waals surface area contributed by atoms with Gasteiger partial charge in [0, 0.05) is 18.2 Å². The molecule has 1 saturated carbocycles. The summed E-state index contributed by atoms with van der Waals surface area (Å²) in [5, 5.41) is 14.2. The van der Waals surface area contributed by atoms with Gasteiger partial charge < -0.3 is 5.32 Å². The molecule has 0 heterocycles. The Morgan fingerprint density at radius 2 is 2.05 bits per heavy atom. The van der Waals surface area contributed by atoms with Gasteiger partial charge in [-0.05, 0) is 56.6 Å². The highest BCUT2D eigenvalue weighted by Crippen LogP contribution is 2.34. The summed E-state index contributed by atoms with van der Waals surface area (Å²) in [6, 6.07) is 7.63. The van der Waals surface area contributed by atoms with E-state index in [-0.39, 0.29) is 10.6 Å². The molecule has 0 amide bonds. The van der Waals surface area contributed by atoms with Crippen LogP contribution in [0.2, 0.25) is 0 Å². The number of rotatable bonds is 9. The van der Waals surface area contributed by atoms with Gasteiger partial charge >= 0.3 is 0 Å². The van der Waals surface area contributed by atoms with E-state index in [4.69, 9.17) is 0 Å². The molecule has 110 valence electrons. The van der Waals surface area contributed by atoms with Crippen LogP contribution in [-0.2, 0) is 6.42 Å². The van der Waals surface area contributed by atoms with E-state index in [2.05, 4.69) is 12.2 Å². The molecule has 0 bridgehead atoms. The quantitative estimate of drug-likeness (QED) is 0.552. The molecule has 1 unspecified atom stereocenters. The van der Waals surface area contributed by atoms with E-state index < -0.39 is 0 Å². The number of hydrogen-bond acceptors (Lipinski definition) is 3. The van der Waals surface area contributed by atoms with Crippen molar-refractivity contribution in [1.82, 2.24) is 5.32 Å². The summed E-state index contributed by atoms with van der Waals surface area (Å²) in [4.78, 5) is 10.2. The summed E-state index contributed by atoms with van der Waals surface area (Å²) in [6.07, 6.45) is 7.30. The van der Waals surface area contributed by atoms with Crippen molar-refractivity contribution >= 4 is 5.69 Å². The number of non-ortho nitro benzene ring substituents is 1. The van der Waals surface area contributed by atoms with Crippen molar-refractivity contribution in [3.63, 3.8) is 0 Å². The van der Waals surface area contributed by atoms with Crippen molar-refractivity contribution in [2.75, 3.05) is 6.54 Å². The highest BCUT2D eigenvalue weighted by molar-refractivity contribution is 5.32. The van der Waals surface area contributed by atoms with Crippen LogP contribution < -0.4 is 5.32 Å². The number of nitrogens with one attached hydrogen (secondary N) is 1. The summed E-state index contributed by atoms with van der Waals surface area (Å²) in [7, 11) is 0. The third kappa shape index (κ3) is 4.60. The van der Waals surface area contributed by atoms with Crippen molar-refractivity contribution in [2.45, 2.75) is 51.5 Å². The fourth-order valence-corrected chi connectivity index (χ4v) is 2.64. The molecule has 1 fully saturated rings. The first-order valence-electron chi connectivity index (χ1n) is 7.67. The lowest BCUT2D eigenvalue weighted by Crippen LogP contribution is -2.31. The number of hydrogen-bond donors (Lipinski definition) is 1. The Morgan fingerprint density at radius 1 is 1.35 bits per heavy atom. The Morgan fingerprint density at radius 3 is 2.60 bits per heavy atom. The third-order valence-electron chi connectivity index (χ3n) is 3.98. The maximum Gasteiger partial charge on any atom is 0.269 e. The molecule has 1 aliphatic carbocycles. The second-order valence-corrected chi connectivity index (χ2v) is 5.71. The molecule has 4 heteroatoms. The van der Waals surface area contributed by atoms with Gasteiger partial charge in [0.15, 0.2) is 0 Å². The second kappa shape index (κ2) is 7.39. The molecule has 0 radical (unpaired) electrons. The molecule has 0 aliphatic heterocycles. The van der Waals surface area contributed by atoms with Gasteiger partial charge in [0.05, 0.1) is 4.92 Å². The zero-order valence-corrected chi connectivity index (χ0v) is 12.2. The van der Waals surface area contributed by atoms with E-state index in [0.717, 1.165) is 25.3 Å². The van der Waals surface area contributed by atoms with Gasteiger partial charge in [0.2, 0.25) is 0 Å². The Balaban J connectivity index is 1.74. The van der Waals surface area contributed by atoms with Crippen molar-refractivity contribution in [2.24, 2.45) is 5.92 Å². The van der Waals surface area contributed by atoms with Gasteiger partial charge in [-0.25, -0.2) is 0 Å². The van der Waals surface area contributed by atoms with Gasteiger partial charge in [-0.1, -0.05) is 19.1 Å². The second-order valence-electron chi connectivity index (χ2n) is 5.71. The lowest BCUT2D eigenvalue weighted by atomic mass is 10.0. The van der Waals surface area contributed by atoms with Crippen LogP contribution >= 0.6 is 0 Å². The monoisotopic (exact) mass is 276 g/mol. The van der Waals surface area contributed by atoms with Crippen LogP contribution in [0.4, 0.5) is 5.69 Å². The average Bonchev–Trinajstić information content (AvgIpc) is 3.27. The summed E-state index contributed by atoms with van der Waals surface area (Å²) < 4.78 is 0. The first-order valence-corrected chi connectivity index (χ1v) is 7.67. The van der Waals surface area contributed by atoms with Crippen molar-refractivity contribution < 1.29 is 4.92 Å². The number of benzene rings is 1. The Hall–Kier alpha value is -1.42. The van der Waals surface area contributed by atoms with Crippen LogP contribution in [0.5, 0.6) is 0 Å². The molecule has 1 aliphatic rings. The molecular formula is C16H24N2O2. The topological polar surface area (TPSA) is 55.2 Å². The van der Waals surface area contributed by atoms with Gasteiger partial charge in [0.1, 0.15) is 0 Å². The minimum absolute atomic E-state index is 0.175. The molecule has 1 aromatic rings. The molecule has 4 nitrogen and oxygen atoms in total. The predicted molar refractivity (Wildman–Crippen MR) is 80.8 cm³/mol. The van der Waals surface area contributed by atoms with Gasteiger partial charge in [-0.2, -0.15) is 0 Å². The zero-order chi connectivity index (χ0) is 14.4. The molecule has 0 aromatic heterocycles. The van der Waals surface area contributed by atoms with Gasteiger partial charge in [-0.15, -0.1) is 0 Å². The Bertz CT molecular complexity index is 427. The van der Waals surface area contributed by atoms with E-state index >= 15 is 0 Å². The van der Waals surface area contributed by atoms with Crippen LogP contribution in [0.3, 0.4) is 0 Å². The van der Waals surface area contributed by atoms with E-state index in [9.17, 15) is 10.1 Å². The van der Waals surface area contributed by atoms with Gasteiger partial charge in [-0.3, -0.25) is 10.1 Å². The predicted octanol–water partition coefficient (Wildman–Crippen LogP) is 3.70. The molecular weight excluding hydrogens is 252 g/mol. The fraction of sp³-hybridized carbons (Fsp3) is 0.625. The van der Waals surface area contributed by atoms with E-state index in [1.165, 1.54) is 31.2 Å². The Kier molecular flexibility index (Phi) is 5.53. The third-order valence-corrected chi connectivity index (χ3v) is 3.98. The van der Waals surface area contributed by atoms with Crippen LogP contribution in [0.15, 0.2) is 24.3 Å². The van der Waals surface area contributed by atoms with Crippen LogP contribution in [-0.4, -0.2) is 17.5 Å². The molecule has 1 aromatic carbocycles. The van der Waals surface area contributed by atoms with E-state index in [1.54, 1.807) is 12.1 Å². The normalized spacial score (nSPS) is 16.1. The average molecular weight is 276 g/mol. The maximum atomic E-state index is 10.6. The highest BCUT2D eigenvalue weighted by atomic mass is 16.6. The number of aryl methyl sites for hydroxylation is 1. The number of nitro groups is 1. The van der Waals surface area contributed by atoms with Crippen molar-refractivity contribution in [1.29, 1.82) is 0 Å². The lowest BCUT2D eigenvalue weighted by molar-refractivity contribution is -0.384. The molecule has 1 atom stereocenters. The molecule has 2 rings (SSSR count). The van der Waals surface area contributed by atoms with Gasteiger partial charge in [0.25, 0.3) is 5.69 Å². The molecule has 20 heavy (non-hydrogen) atoms. The molecule has 0 saturated heterocycles. The van der Waals surface area contributed by atoms with Crippen LogP contribution in [0, 0.1) is 16.0 Å². The van der Waals surface area contributed by atoms with E-state index in [0.29, 0.717) is 6.04 Å². The standard InChI is InChI=1S/C16H24N2O2/c1-2-12-17-16(14-8-9-14)5-3-4-13-6-10-15(11-7-13)18(19)20/h6-7,10-11,14,16-17H,2-5,8-9,12H2,1H3. The van der Waals surface area contributed by atoms with E-state index in [1.807, 2.05) is 12.1 Å². The highest BCUT2D eigenvalue weighted by Gasteiger charge is 2.29. The summed E-state index contributed by atoms with van der Waals surface area (Å²) >= 11 is 0.